The zero-order chi connectivity index (χ0) is 20.4. The van der Waals surface area contributed by atoms with Crippen LogP contribution in [-0.4, -0.2) is 55.5 Å². The molecule has 0 aromatic heterocycles. The van der Waals surface area contributed by atoms with Gasteiger partial charge in [0, 0.05) is 26.2 Å². The number of hydrogen-bond donors (Lipinski definition) is 1. The largest absolute Gasteiger partial charge is 0.445 e. The average Bonchev–Trinajstić information content (AvgIpc) is 2.66. The Bertz CT molecular complexity index is 607. The molecule has 1 heterocycles. The van der Waals surface area contributed by atoms with Crippen molar-refractivity contribution < 1.29 is 23.8 Å². The molecule has 2 amide bonds. The van der Waals surface area contributed by atoms with E-state index in [0.717, 1.165) is 18.4 Å². The van der Waals surface area contributed by atoms with Crippen molar-refractivity contribution in [1.82, 2.24) is 10.2 Å². The number of rotatable bonds is 7. The number of ether oxygens (including phenoxy) is 3. The predicted molar refractivity (Wildman–Crippen MR) is 106 cm³/mol. The monoisotopic (exact) mass is 392 g/mol. The van der Waals surface area contributed by atoms with Crippen molar-refractivity contribution in [3.63, 3.8) is 0 Å². The van der Waals surface area contributed by atoms with Gasteiger partial charge in [-0.05, 0) is 45.1 Å². The quantitative estimate of drug-likeness (QED) is 0.718. The van der Waals surface area contributed by atoms with Gasteiger partial charge in [-0.2, -0.15) is 0 Å². The minimum absolute atomic E-state index is 0.259. The van der Waals surface area contributed by atoms with E-state index in [0.29, 0.717) is 45.4 Å². The fourth-order valence-corrected chi connectivity index (χ4v) is 2.88. The number of nitrogens with one attached hydrogen (secondary N) is 1. The molecule has 0 spiro atoms. The summed E-state index contributed by atoms with van der Waals surface area (Å²) >= 11 is 0. The van der Waals surface area contributed by atoms with E-state index < -0.39 is 11.7 Å². The second-order valence-corrected chi connectivity index (χ2v) is 7.97. The van der Waals surface area contributed by atoms with Crippen LogP contribution in [0.5, 0.6) is 0 Å². The summed E-state index contributed by atoms with van der Waals surface area (Å²) in [5.74, 6) is 0.416. The number of likely N-dealkylation sites (tertiary alicyclic amines) is 1. The van der Waals surface area contributed by atoms with Crippen LogP contribution in [0, 0.1) is 5.92 Å². The summed E-state index contributed by atoms with van der Waals surface area (Å²) in [5.41, 5.74) is 0.486. The summed E-state index contributed by atoms with van der Waals surface area (Å²) in [5, 5.41) is 2.67. The Hall–Kier alpha value is -2.28. The van der Waals surface area contributed by atoms with Crippen molar-refractivity contribution in [2.24, 2.45) is 5.92 Å². The van der Waals surface area contributed by atoms with Gasteiger partial charge in [0.15, 0.2) is 0 Å². The minimum Gasteiger partial charge on any atom is -0.445 e. The van der Waals surface area contributed by atoms with Crippen LogP contribution in [0.3, 0.4) is 0 Å². The molecule has 7 heteroatoms. The molecule has 0 atom stereocenters. The summed E-state index contributed by atoms with van der Waals surface area (Å²) in [6, 6.07) is 9.67. The zero-order valence-electron chi connectivity index (χ0n) is 17.1. The Labute approximate surface area is 167 Å². The van der Waals surface area contributed by atoms with E-state index in [1.165, 1.54) is 0 Å². The Morgan fingerprint density at radius 2 is 1.82 bits per heavy atom. The van der Waals surface area contributed by atoms with Gasteiger partial charge in [-0.3, -0.25) is 0 Å². The molecule has 2 rings (SSSR count). The third-order valence-corrected chi connectivity index (χ3v) is 4.35. The standard InChI is InChI=1S/C21H32N2O5/c1-21(2,3)28-19(24)22-11-14-26-15-18-9-12-23(13-10-18)20(25)27-16-17-7-5-4-6-8-17/h4-8,18H,9-16H2,1-3H3,(H,22,24). The molecule has 28 heavy (non-hydrogen) atoms. The average molecular weight is 392 g/mol. The first kappa shape index (κ1) is 22.0. The molecule has 1 saturated heterocycles. The van der Waals surface area contributed by atoms with Gasteiger partial charge >= 0.3 is 12.2 Å². The maximum absolute atomic E-state index is 12.2. The molecule has 1 aliphatic heterocycles. The summed E-state index contributed by atoms with van der Waals surface area (Å²) < 4.78 is 16.2. The minimum atomic E-state index is -0.499. The maximum Gasteiger partial charge on any atom is 0.410 e. The van der Waals surface area contributed by atoms with Crippen LogP contribution in [-0.2, 0) is 20.8 Å². The second kappa shape index (κ2) is 10.9. The lowest BCUT2D eigenvalue weighted by molar-refractivity contribution is 0.0434. The summed E-state index contributed by atoms with van der Waals surface area (Å²) in [6.45, 7) is 8.62. The fourth-order valence-electron chi connectivity index (χ4n) is 2.88. The molecule has 0 saturated carbocycles. The number of carbonyl (C=O) groups excluding carboxylic acids is 2. The zero-order valence-corrected chi connectivity index (χ0v) is 17.1. The smallest absolute Gasteiger partial charge is 0.410 e. The van der Waals surface area contributed by atoms with Crippen LogP contribution in [0.2, 0.25) is 0 Å². The normalized spacial score (nSPS) is 15.2. The Balaban J connectivity index is 1.53. The van der Waals surface area contributed by atoms with E-state index in [2.05, 4.69) is 5.32 Å². The Kier molecular flexibility index (Phi) is 8.57. The molecule has 0 bridgehead atoms. The van der Waals surface area contributed by atoms with Gasteiger partial charge in [0.05, 0.1) is 6.61 Å². The van der Waals surface area contributed by atoms with Gasteiger partial charge in [-0.1, -0.05) is 30.3 Å². The number of alkyl carbamates (subject to hydrolysis) is 1. The predicted octanol–water partition coefficient (Wildman–Crippen LogP) is 3.58. The summed E-state index contributed by atoms with van der Waals surface area (Å²) in [7, 11) is 0. The SMILES string of the molecule is CC(C)(C)OC(=O)NCCOCC1CCN(C(=O)OCc2ccccc2)CC1. The number of nitrogens with zero attached hydrogens (tertiary/aromatic N) is 1. The molecule has 1 aromatic carbocycles. The number of hydrogen-bond acceptors (Lipinski definition) is 5. The number of amides is 2. The van der Waals surface area contributed by atoms with Crippen LogP contribution in [0.15, 0.2) is 30.3 Å². The summed E-state index contributed by atoms with van der Waals surface area (Å²) in [4.78, 5) is 25.4. The lowest BCUT2D eigenvalue weighted by atomic mass is 9.98. The van der Waals surface area contributed by atoms with E-state index in [-0.39, 0.29) is 6.09 Å². The van der Waals surface area contributed by atoms with Gasteiger partial charge in [0.1, 0.15) is 12.2 Å². The number of benzene rings is 1. The van der Waals surface area contributed by atoms with E-state index >= 15 is 0 Å². The third-order valence-electron chi connectivity index (χ3n) is 4.35. The molecule has 7 nitrogen and oxygen atoms in total. The van der Waals surface area contributed by atoms with Crippen LogP contribution in [0.4, 0.5) is 9.59 Å². The third kappa shape index (κ3) is 8.61. The van der Waals surface area contributed by atoms with E-state index in [1.807, 2.05) is 51.1 Å². The molecular weight excluding hydrogens is 360 g/mol. The lowest BCUT2D eigenvalue weighted by Gasteiger charge is -2.31. The molecular formula is C21H32N2O5. The highest BCUT2D eigenvalue weighted by atomic mass is 16.6. The topological polar surface area (TPSA) is 77.1 Å². The van der Waals surface area contributed by atoms with Crippen molar-refractivity contribution >= 4 is 12.2 Å². The van der Waals surface area contributed by atoms with Crippen molar-refractivity contribution in [2.45, 2.75) is 45.8 Å². The molecule has 1 aromatic rings. The fraction of sp³-hybridized carbons (Fsp3) is 0.619. The molecule has 1 N–H and O–H groups in total. The molecule has 0 aliphatic carbocycles. The van der Waals surface area contributed by atoms with E-state index in [1.54, 1.807) is 4.90 Å². The number of piperidine rings is 1. The first-order valence-electron chi connectivity index (χ1n) is 9.84. The Morgan fingerprint density at radius 1 is 1.14 bits per heavy atom. The molecule has 0 radical (unpaired) electrons. The molecule has 1 fully saturated rings. The van der Waals surface area contributed by atoms with Gasteiger partial charge in [-0.25, -0.2) is 9.59 Å². The second-order valence-electron chi connectivity index (χ2n) is 7.97. The lowest BCUT2D eigenvalue weighted by Crippen LogP contribution is -2.40. The molecule has 156 valence electrons. The van der Waals surface area contributed by atoms with Crippen molar-refractivity contribution in [2.75, 3.05) is 32.8 Å². The van der Waals surface area contributed by atoms with Crippen LogP contribution in [0.25, 0.3) is 0 Å². The number of carbonyl (C=O) groups is 2. The van der Waals surface area contributed by atoms with Gasteiger partial charge in [0.2, 0.25) is 0 Å². The van der Waals surface area contributed by atoms with Crippen LogP contribution >= 0.6 is 0 Å². The van der Waals surface area contributed by atoms with E-state index in [9.17, 15) is 9.59 Å². The summed E-state index contributed by atoms with van der Waals surface area (Å²) in [6.07, 6.45) is 1.09. The molecule has 0 unspecified atom stereocenters. The van der Waals surface area contributed by atoms with Gasteiger partial charge in [-0.15, -0.1) is 0 Å². The van der Waals surface area contributed by atoms with Crippen molar-refractivity contribution in [1.29, 1.82) is 0 Å². The van der Waals surface area contributed by atoms with E-state index in [4.69, 9.17) is 14.2 Å². The van der Waals surface area contributed by atoms with Crippen molar-refractivity contribution in [3.05, 3.63) is 35.9 Å². The first-order valence-corrected chi connectivity index (χ1v) is 9.84. The highest BCUT2D eigenvalue weighted by molar-refractivity contribution is 5.68. The maximum atomic E-state index is 12.2. The van der Waals surface area contributed by atoms with Crippen molar-refractivity contribution in [3.8, 4) is 0 Å². The highest BCUT2D eigenvalue weighted by Gasteiger charge is 2.24. The van der Waals surface area contributed by atoms with Gasteiger partial charge in [0.25, 0.3) is 0 Å². The van der Waals surface area contributed by atoms with Crippen LogP contribution in [0.1, 0.15) is 39.2 Å². The Morgan fingerprint density at radius 3 is 2.46 bits per heavy atom. The first-order chi connectivity index (χ1) is 13.3. The molecule has 1 aliphatic rings. The highest BCUT2D eigenvalue weighted by Crippen LogP contribution is 2.18. The van der Waals surface area contributed by atoms with Gasteiger partial charge < -0.3 is 24.4 Å². The van der Waals surface area contributed by atoms with Crippen LogP contribution < -0.4 is 5.32 Å².